The van der Waals surface area contributed by atoms with E-state index in [1.54, 1.807) is 11.8 Å². The van der Waals surface area contributed by atoms with Crippen LogP contribution in [0, 0.1) is 51.8 Å². The number of nitrogens with two attached hydrogens (primary N) is 2. The van der Waals surface area contributed by atoms with Gasteiger partial charge >= 0.3 is 0 Å². The lowest BCUT2D eigenvalue weighted by Gasteiger charge is -2.65. The van der Waals surface area contributed by atoms with Gasteiger partial charge in [0, 0.05) is 16.8 Å². The van der Waals surface area contributed by atoms with Crippen LogP contribution >= 0.6 is 11.8 Å². The Balaban J connectivity index is 0.000000953. The average molecular weight is 613 g/mol. The van der Waals surface area contributed by atoms with Crippen molar-refractivity contribution in [3.05, 3.63) is 35.4 Å². The summed E-state index contributed by atoms with van der Waals surface area (Å²) >= 11 is 1.75. The first-order chi connectivity index (χ1) is 20.3. The van der Waals surface area contributed by atoms with Crippen molar-refractivity contribution in [3.63, 3.8) is 0 Å². The van der Waals surface area contributed by atoms with E-state index in [0.29, 0.717) is 16.7 Å². The van der Waals surface area contributed by atoms with Crippen LogP contribution in [0.1, 0.15) is 125 Å². The zero-order valence-corrected chi connectivity index (χ0v) is 30.5. The first-order valence-corrected chi connectivity index (χ1v) is 19.3. The molecule has 1 aromatic rings. The first kappa shape index (κ1) is 36.3. The number of thioether (sulfide) groups is 1. The molecule has 0 radical (unpaired) electrons. The van der Waals surface area contributed by atoms with Gasteiger partial charge < -0.3 is 16.6 Å². The molecule has 4 aliphatic rings. The van der Waals surface area contributed by atoms with E-state index in [9.17, 15) is 5.11 Å². The van der Waals surface area contributed by atoms with Crippen LogP contribution in [-0.2, 0) is 6.42 Å². The minimum absolute atomic E-state index is 0.138. The van der Waals surface area contributed by atoms with E-state index in [1.165, 1.54) is 63.4 Å². The van der Waals surface area contributed by atoms with Gasteiger partial charge in [-0.2, -0.15) is 11.8 Å². The molecule has 10 unspecified atom stereocenters. The number of nitrogen functional groups attached to an aromatic ring is 2. The summed E-state index contributed by atoms with van der Waals surface area (Å²) in [7, 11) is 0. The maximum Gasteiger partial charge on any atom is 0.0600 e. The van der Waals surface area contributed by atoms with Crippen molar-refractivity contribution in [2.24, 2.45) is 51.8 Å². The Morgan fingerprint density at radius 1 is 0.953 bits per heavy atom. The molecular formula is C39H68N2OS. The van der Waals surface area contributed by atoms with Crippen LogP contribution in [0.2, 0.25) is 0 Å². The van der Waals surface area contributed by atoms with Crippen molar-refractivity contribution < 1.29 is 5.11 Å². The quantitative estimate of drug-likeness (QED) is 0.221. The van der Waals surface area contributed by atoms with Gasteiger partial charge in [0.05, 0.1) is 6.10 Å². The molecule has 0 amide bonds. The number of allylic oxidation sites excluding steroid dienone is 2. The van der Waals surface area contributed by atoms with Crippen molar-refractivity contribution >= 4 is 23.1 Å². The number of aliphatic hydroxyl groups is 1. The Morgan fingerprint density at radius 3 is 2.21 bits per heavy atom. The second-order valence-corrected chi connectivity index (χ2v) is 16.5. The summed E-state index contributed by atoms with van der Waals surface area (Å²) in [6.45, 7) is 18.7. The van der Waals surface area contributed by atoms with Gasteiger partial charge in [-0.1, -0.05) is 59.3 Å². The van der Waals surface area contributed by atoms with Crippen LogP contribution in [0.4, 0.5) is 11.4 Å². The van der Waals surface area contributed by atoms with Gasteiger partial charge in [-0.3, -0.25) is 0 Å². The molecule has 5 rings (SSSR count). The fourth-order valence-electron chi connectivity index (χ4n) is 11.1. The summed E-state index contributed by atoms with van der Waals surface area (Å²) in [4.78, 5) is 0. The standard InChI is InChI=1S/C35H56N2O.C2H6S.C2H6/c1-22(2)8-7-9-23(3)27-13-14-28-26-12-15-31-34(5,29(26)16-18-33(27,28)4)19-17-32(38)35(31,6)21-24-10-11-25(36)20-30(24)37;1-3-2;1-2/h8,10-11,20,23,26-29,31-32,38H,7,9,12-19,21,36-37H2,1-6H3;1-2H3;1-2H3. The van der Waals surface area contributed by atoms with Gasteiger partial charge in [0.1, 0.15) is 0 Å². The van der Waals surface area contributed by atoms with Crippen molar-refractivity contribution in [1.82, 2.24) is 0 Å². The number of hydrogen-bond acceptors (Lipinski definition) is 4. The Bertz CT molecular complexity index is 1070. The summed E-state index contributed by atoms with van der Waals surface area (Å²) in [5, 5.41) is 11.5. The smallest absolute Gasteiger partial charge is 0.0600 e. The van der Waals surface area contributed by atoms with Crippen LogP contribution in [0.25, 0.3) is 0 Å². The highest BCUT2D eigenvalue weighted by atomic mass is 32.2. The molecule has 246 valence electrons. The molecule has 4 fully saturated rings. The molecule has 4 aliphatic carbocycles. The summed E-state index contributed by atoms with van der Waals surface area (Å²) in [5.74, 6) is 4.81. The molecular weight excluding hydrogens is 545 g/mol. The van der Waals surface area contributed by atoms with E-state index in [0.717, 1.165) is 59.4 Å². The molecule has 0 aromatic heterocycles. The van der Waals surface area contributed by atoms with Gasteiger partial charge in [-0.25, -0.2) is 0 Å². The van der Waals surface area contributed by atoms with Gasteiger partial charge in [0.25, 0.3) is 0 Å². The maximum absolute atomic E-state index is 11.5. The largest absolute Gasteiger partial charge is 0.399 e. The molecule has 1 aromatic carbocycles. The zero-order valence-electron chi connectivity index (χ0n) is 29.6. The SMILES string of the molecule is CC.CC(C)=CCCC(C)C1CCC2C3CCC4C(C)(Cc5ccc(N)cc5N)C(O)CCC4(C)C3CCC12C.CSC. The molecule has 43 heavy (non-hydrogen) atoms. The summed E-state index contributed by atoms with van der Waals surface area (Å²) in [6.07, 6.45) is 20.1. The van der Waals surface area contributed by atoms with Gasteiger partial charge in [-0.05, 0) is 161 Å². The maximum atomic E-state index is 11.5. The number of benzene rings is 1. The molecule has 0 heterocycles. The van der Waals surface area contributed by atoms with E-state index in [2.05, 4.69) is 53.7 Å². The van der Waals surface area contributed by atoms with Crippen LogP contribution in [0.15, 0.2) is 29.8 Å². The Morgan fingerprint density at radius 2 is 1.58 bits per heavy atom. The molecule has 4 heteroatoms. The van der Waals surface area contributed by atoms with Crippen LogP contribution < -0.4 is 11.5 Å². The van der Waals surface area contributed by atoms with Crippen molar-refractivity contribution in [2.45, 2.75) is 132 Å². The van der Waals surface area contributed by atoms with Gasteiger partial charge in [-0.15, -0.1) is 0 Å². The Labute approximate surface area is 270 Å². The lowest BCUT2D eigenvalue weighted by molar-refractivity contribution is -0.184. The minimum atomic E-state index is -0.263. The molecule has 10 atom stereocenters. The average Bonchev–Trinajstić information content (AvgIpc) is 3.31. The molecule has 3 nitrogen and oxygen atoms in total. The molecule has 0 bridgehead atoms. The molecule has 0 aliphatic heterocycles. The van der Waals surface area contributed by atoms with Crippen molar-refractivity contribution in [1.29, 1.82) is 0 Å². The summed E-state index contributed by atoms with van der Waals surface area (Å²) in [6, 6.07) is 5.96. The van der Waals surface area contributed by atoms with Crippen LogP contribution in [0.3, 0.4) is 0 Å². The monoisotopic (exact) mass is 613 g/mol. The third-order valence-electron chi connectivity index (χ3n) is 13.1. The predicted molar refractivity (Wildman–Crippen MR) is 192 cm³/mol. The third-order valence-corrected chi connectivity index (χ3v) is 13.1. The van der Waals surface area contributed by atoms with Crippen LogP contribution in [0.5, 0.6) is 0 Å². The summed E-state index contributed by atoms with van der Waals surface area (Å²) < 4.78 is 0. The number of rotatable bonds is 6. The number of anilines is 2. The van der Waals surface area contributed by atoms with E-state index in [4.69, 9.17) is 11.5 Å². The van der Waals surface area contributed by atoms with Crippen molar-refractivity contribution in [2.75, 3.05) is 24.0 Å². The third kappa shape index (κ3) is 7.16. The predicted octanol–water partition coefficient (Wildman–Crippen LogP) is 10.4. The Kier molecular flexibility index (Phi) is 12.7. The van der Waals surface area contributed by atoms with E-state index >= 15 is 0 Å². The number of hydrogen-bond donors (Lipinski definition) is 3. The lowest BCUT2D eigenvalue weighted by Crippen LogP contribution is -2.60. The van der Waals surface area contributed by atoms with E-state index < -0.39 is 0 Å². The second-order valence-electron chi connectivity index (χ2n) is 15.7. The topological polar surface area (TPSA) is 72.3 Å². The van der Waals surface area contributed by atoms with Crippen LogP contribution in [-0.4, -0.2) is 23.7 Å². The van der Waals surface area contributed by atoms with Gasteiger partial charge in [0.15, 0.2) is 0 Å². The fourth-order valence-corrected chi connectivity index (χ4v) is 11.1. The minimum Gasteiger partial charge on any atom is -0.399 e. The number of fused-ring (bicyclic) bond motifs is 5. The molecule has 5 N–H and O–H groups in total. The van der Waals surface area contributed by atoms with E-state index in [1.807, 2.05) is 38.5 Å². The molecule has 4 saturated carbocycles. The Hall–Kier alpha value is -1.13. The highest BCUT2D eigenvalue weighted by molar-refractivity contribution is 7.97. The lowest BCUT2D eigenvalue weighted by atomic mass is 9.40. The zero-order chi connectivity index (χ0) is 32.2. The normalized spacial score (nSPS) is 38.6. The fraction of sp³-hybridized carbons (Fsp3) is 0.795. The van der Waals surface area contributed by atoms with E-state index in [-0.39, 0.29) is 11.5 Å². The molecule has 0 saturated heterocycles. The van der Waals surface area contributed by atoms with Crippen molar-refractivity contribution in [3.8, 4) is 0 Å². The second kappa shape index (κ2) is 15.0. The van der Waals surface area contributed by atoms with Gasteiger partial charge in [0.2, 0.25) is 0 Å². The molecule has 0 spiro atoms. The highest BCUT2D eigenvalue weighted by Crippen LogP contribution is 2.70. The highest BCUT2D eigenvalue weighted by Gasteiger charge is 2.64. The summed E-state index contributed by atoms with van der Waals surface area (Å²) in [5.41, 5.74) is 17.3. The number of aliphatic hydroxyl groups excluding tert-OH is 1. The first-order valence-electron chi connectivity index (χ1n) is 17.7.